The highest BCUT2D eigenvalue weighted by molar-refractivity contribution is 5.63. The van der Waals surface area contributed by atoms with Crippen molar-refractivity contribution in [3.63, 3.8) is 0 Å². The number of carbonyl (C=O) groups excluding carboxylic acids is 2. The van der Waals surface area contributed by atoms with Gasteiger partial charge in [-0.15, -0.1) is 0 Å². The van der Waals surface area contributed by atoms with Gasteiger partial charge in [0, 0.05) is 0 Å². The predicted octanol–water partition coefficient (Wildman–Crippen LogP) is 1.26. The number of carbonyl (C=O) groups is 2. The van der Waals surface area contributed by atoms with Gasteiger partial charge in [0.25, 0.3) is 0 Å². The van der Waals surface area contributed by atoms with Gasteiger partial charge in [-0.25, -0.2) is 5.06 Å². The number of rotatable bonds is 7. The zero-order chi connectivity index (χ0) is 11.1. The molecule has 0 radical (unpaired) electrons. The van der Waals surface area contributed by atoms with Gasteiger partial charge < -0.3 is 4.79 Å². The first kappa shape index (κ1) is 13.1. The number of hydroxylamine groups is 2. The molecule has 0 unspecified atom stereocenters. The molecule has 4 nitrogen and oxygen atoms in total. The van der Waals surface area contributed by atoms with Crippen molar-refractivity contribution in [2.24, 2.45) is 11.8 Å². The van der Waals surface area contributed by atoms with Crippen molar-refractivity contribution in [3.05, 3.63) is 0 Å². The standard InChI is InChI=1S/C10H19NO3/c1-8(2)6-14-11(7-13)10(5-12)9(3)4/h5,7-10H,6H2,1-4H3/t10-/m1/s1. The Kier molecular flexibility index (Phi) is 6.12. The van der Waals surface area contributed by atoms with Gasteiger partial charge in [-0.05, 0) is 11.8 Å². The van der Waals surface area contributed by atoms with Gasteiger partial charge in [-0.2, -0.15) is 0 Å². The maximum absolute atomic E-state index is 10.7. The molecule has 0 aromatic rings. The van der Waals surface area contributed by atoms with Crippen molar-refractivity contribution in [2.45, 2.75) is 33.7 Å². The van der Waals surface area contributed by atoms with E-state index >= 15 is 0 Å². The minimum atomic E-state index is -0.494. The molecule has 0 aromatic heterocycles. The van der Waals surface area contributed by atoms with Gasteiger partial charge in [-0.1, -0.05) is 27.7 Å². The van der Waals surface area contributed by atoms with Crippen LogP contribution in [0.4, 0.5) is 0 Å². The Hall–Kier alpha value is -0.900. The molecule has 1 atom stereocenters. The van der Waals surface area contributed by atoms with Gasteiger partial charge >= 0.3 is 0 Å². The molecule has 0 saturated heterocycles. The lowest BCUT2D eigenvalue weighted by Crippen LogP contribution is -2.40. The molecule has 4 heteroatoms. The van der Waals surface area contributed by atoms with E-state index in [0.29, 0.717) is 18.9 Å². The second-order valence-electron chi connectivity index (χ2n) is 4.03. The lowest BCUT2D eigenvalue weighted by Gasteiger charge is -2.26. The summed E-state index contributed by atoms with van der Waals surface area (Å²) >= 11 is 0. The maximum atomic E-state index is 10.7. The summed E-state index contributed by atoms with van der Waals surface area (Å²) in [5.74, 6) is 0.391. The SMILES string of the molecule is CC(C)CON(C=O)[C@H](C=O)C(C)C. The third kappa shape index (κ3) is 4.37. The van der Waals surface area contributed by atoms with Crippen LogP contribution < -0.4 is 0 Å². The minimum absolute atomic E-state index is 0.0601. The molecule has 0 spiro atoms. The normalized spacial score (nSPS) is 13.0. The summed E-state index contributed by atoms with van der Waals surface area (Å²) in [5.41, 5.74) is 0. The van der Waals surface area contributed by atoms with E-state index in [9.17, 15) is 9.59 Å². The van der Waals surface area contributed by atoms with Crippen molar-refractivity contribution in [2.75, 3.05) is 6.61 Å². The minimum Gasteiger partial charge on any atom is -0.301 e. The Bertz CT molecular complexity index is 180. The van der Waals surface area contributed by atoms with Gasteiger partial charge in [0.05, 0.1) is 6.61 Å². The predicted molar refractivity (Wildman–Crippen MR) is 53.4 cm³/mol. The van der Waals surface area contributed by atoms with E-state index in [1.165, 1.54) is 0 Å². The second-order valence-corrected chi connectivity index (χ2v) is 4.03. The summed E-state index contributed by atoms with van der Waals surface area (Å²) < 4.78 is 0. The molecule has 14 heavy (non-hydrogen) atoms. The summed E-state index contributed by atoms with van der Waals surface area (Å²) in [6, 6.07) is -0.494. The summed E-state index contributed by atoms with van der Waals surface area (Å²) in [6.45, 7) is 8.14. The van der Waals surface area contributed by atoms with Crippen LogP contribution in [-0.2, 0) is 14.4 Å². The molecule has 0 bridgehead atoms. The highest BCUT2D eigenvalue weighted by Crippen LogP contribution is 2.08. The molecule has 0 saturated carbocycles. The molecule has 0 heterocycles. The maximum Gasteiger partial charge on any atom is 0.234 e. The number of amides is 1. The molecule has 0 aliphatic heterocycles. The van der Waals surface area contributed by atoms with Crippen molar-refractivity contribution in [1.82, 2.24) is 5.06 Å². The fourth-order valence-electron chi connectivity index (χ4n) is 0.933. The first-order valence-electron chi connectivity index (χ1n) is 4.84. The molecule has 1 amide bonds. The van der Waals surface area contributed by atoms with Crippen molar-refractivity contribution in [1.29, 1.82) is 0 Å². The molecule has 0 aromatic carbocycles. The molecular formula is C10H19NO3. The average molecular weight is 201 g/mol. The van der Waals surface area contributed by atoms with E-state index in [2.05, 4.69) is 0 Å². The van der Waals surface area contributed by atoms with Crippen LogP contribution in [-0.4, -0.2) is 30.4 Å². The van der Waals surface area contributed by atoms with Crippen molar-refractivity contribution in [3.8, 4) is 0 Å². The van der Waals surface area contributed by atoms with Crippen LogP contribution in [0.3, 0.4) is 0 Å². The highest BCUT2D eigenvalue weighted by Gasteiger charge is 2.20. The second kappa shape index (κ2) is 6.54. The molecule has 0 rings (SSSR count). The highest BCUT2D eigenvalue weighted by atomic mass is 16.7. The largest absolute Gasteiger partial charge is 0.301 e. The van der Waals surface area contributed by atoms with Gasteiger partial charge in [0.1, 0.15) is 12.3 Å². The third-order valence-corrected chi connectivity index (χ3v) is 1.78. The molecule has 0 aliphatic carbocycles. The average Bonchev–Trinajstić information content (AvgIpc) is 2.10. The van der Waals surface area contributed by atoms with Crippen LogP contribution in [0.15, 0.2) is 0 Å². The first-order chi connectivity index (χ1) is 6.52. The van der Waals surface area contributed by atoms with Crippen molar-refractivity contribution >= 4 is 12.7 Å². The Morgan fingerprint density at radius 3 is 2.07 bits per heavy atom. The topological polar surface area (TPSA) is 46.6 Å². The van der Waals surface area contributed by atoms with E-state index in [4.69, 9.17) is 4.84 Å². The summed E-state index contributed by atoms with van der Waals surface area (Å²) in [4.78, 5) is 26.6. The summed E-state index contributed by atoms with van der Waals surface area (Å²) in [6.07, 6.45) is 1.29. The molecule has 0 fully saturated rings. The number of hydrogen-bond donors (Lipinski definition) is 0. The van der Waals surface area contributed by atoms with Crippen LogP contribution in [0.25, 0.3) is 0 Å². The lowest BCUT2D eigenvalue weighted by atomic mass is 10.1. The fourth-order valence-corrected chi connectivity index (χ4v) is 0.933. The van der Waals surface area contributed by atoms with E-state index in [1.54, 1.807) is 0 Å². The molecular weight excluding hydrogens is 182 g/mol. The molecule has 0 aliphatic rings. The Balaban J connectivity index is 4.22. The van der Waals surface area contributed by atoms with E-state index in [-0.39, 0.29) is 5.92 Å². The number of nitrogens with zero attached hydrogens (tertiary/aromatic N) is 1. The number of hydrogen-bond acceptors (Lipinski definition) is 3. The van der Waals surface area contributed by atoms with Crippen LogP contribution in [0.1, 0.15) is 27.7 Å². The first-order valence-corrected chi connectivity index (χ1v) is 4.84. The Labute approximate surface area is 85.2 Å². The van der Waals surface area contributed by atoms with Gasteiger partial charge in [0.15, 0.2) is 0 Å². The van der Waals surface area contributed by atoms with E-state index < -0.39 is 6.04 Å². The quantitative estimate of drug-likeness (QED) is 0.460. The van der Waals surface area contributed by atoms with Gasteiger partial charge in [-0.3, -0.25) is 9.63 Å². The third-order valence-electron chi connectivity index (χ3n) is 1.78. The smallest absolute Gasteiger partial charge is 0.234 e. The zero-order valence-electron chi connectivity index (χ0n) is 9.27. The van der Waals surface area contributed by atoms with E-state index in [1.807, 2.05) is 27.7 Å². The van der Waals surface area contributed by atoms with Crippen LogP contribution in [0.5, 0.6) is 0 Å². The van der Waals surface area contributed by atoms with Crippen LogP contribution in [0.2, 0.25) is 0 Å². The number of aldehydes is 1. The summed E-state index contributed by atoms with van der Waals surface area (Å²) in [7, 11) is 0. The fraction of sp³-hybridized carbons (Fsp3) is 0.800. The zero-order valence-corrected chi connectivity index (χ0v) is 9.27. The van der Waals surface area contributed by atoms with Crippen molar-refractivity contribution < 1.29 is 14.4 Å². The summed E-state index contributed by atoms with van der Waals surface area (Å²) in [5, 5.41) is 1.09. The van der Waals surface area contributed by atoms with Gasteiger partial charge in [0.2, 0.25) is 6.41 Å². The molecule has 82 valence electrons. The lowest BCUT2D eigenvalue weighted by molar-refractivity contribution is -0.194. The van der Waals surface area contributed by atoms with E-state index in [0.717, 1.165) is 11.3 Å². The Morgan fingerprint density at radius 2 is 1.79 bits per heavy atom. The van der Waals surface area contributed by atoms with Crippen LogP contribution in [0, 0.1) is 11.8 Å². The Morgan fingerprint density at radius 1 is 1.21 bits per heavy atom. The van der Waals surface area contributed by atoms with Crippen LogP contribution >= 0.6 is 0 Å². The molecule has 0 N–H and O–H groups in total. The monoisotopic (exact) mass is 201 g/mol.